The Morgan fingerprint density at radius 2 is 1.95 bits per heavy atom. The zero-order chi connectivity index (χ0) is 14.8. The van der Waals surface area contributed by atoms with E-state index in [1.165, 1.54) is 0 Å². The summed E-state index contributed by atoms with van der Waals surface area (Å²) in [6, 6.07) is 8.01. The van der Waals surface area contributed by atoms with Crippen LogP contribution in [0.4, 0.5) is 5.69 Å². The van der Waals surface area contributed by atoms with Gasteiger partial charge in [-0.15, -0.1) is 0 Å². The van der Waals surface area contributed by atoms with Crippen LogP contribution in [0.3, 0.4) is 0 Å². The predicted octanol–water partition coefficient (Wildman–Crippen LogP) is 2.21. The van der Waals surface area contributed by atoms with Gasteiger partial charge in [-0.2, -0.15) is 5.26 Å². The Bertz CT molecular complexity index is 511. The van der Waals surface area contributed by atoms with E-state index in [1.807, 2.05) is 32.0 Å². The van der Waals surface area contributed by atoms with Crippen LogP contribution in [0.2, 0.25) is 0 Å². The quantitative estimate of drug-likeness (QED) is 0.918. The number of benzene rings is 1. The molecule has 1 aromatic rings. The second-order valence-electron chi connectivity index (χ2n) is 5.85. The fourth-order valence-corrected chi connectivity index (χ4v) is 2.96. The van der Waals surface area contributed by atoms with E-state index < -0.39 is 5.60 Å². The van der Waals surface area contributed by atoms with E-state index in [2.05, 4.69) is 31.8 Å². The first-order valence-electron chi connectivity index (χ1n) is 6.78. The summed E-state index contributed by atoms with van der Waals surface area (Å²) in [5, 5.41) is 18.8. The highest BCUT2D eigenvalue weighted by Crippen LogP contribution is 2.24. The van der Waals surface area contributed by atoms with Gasteiger partial charge in [-0.25, -0.2) is 0 Å². The van der Waals surface area contributed by atoms with Crippen molar-refractivity contribution >= 4 is 21.6 Å². The standard InChI is InChI=1S/C15H20BrN3O/c1-15(2,20)11-18-5-7-19(8-6-18)13-4-3-12(10-17)14(16)9-13/h3-4,9,20H,5-8,11H2,1-2H3. The summed E-state index contributed by atoms with van der Waals surface area (Å²) >= 11 is 3.43. The van der Waals surface area contributed by atoms with Crippen LogP contribution in [0, 0.1) is 11.3 Å². The van der Waals surface area contributed by atoms with Crippen LogP contribution in [0.25, 0.3) is 0 Å². The Morgan fingerprint density at radius 1 is 1.30 bits per heavy atom. The summed E-state index contributed by atoms with van der Waals surface area (Å²) in [7, 11) is 0. The average molecular weight is 338 g/mol. The number of nitrogens with zero attached hydrogens (tertiary/aromatic N) is 3. The number of piperazine rings is 1. The zero-order valence-electron chi connectivity index (χ0n) is 11.9. The van der Waals surface area contributed by atoms with Gasteiger partial charge < -0.3 is 10.0 Å². The first-order valence-corrected chi connectivity index (χ1v) is 7.58. The summed E-state index contributed by atoms with van der Waals surface area (Å²) in [5.41, 5.74) is 1.16. The Kier molecular flexibility index (Phi) is 4.69. The molecule has 5 heteroatoms. The number of hydrogen-bond acceptors (Lipinski definition) is 4. The highest BCUT2D eigenvalue weighted by Gasteiger charge is 2.23. The van der Waals surface area contributed by atoms with E-state index in [-0.39, 0.29) is 0 Å². The third-order valence-electron chi connectivity index (χ3n) is 3.42. The van der Waals surface area contributed by atoms with Crippen LogP contribution >= 0.6 is 15.9 Å². The number of β-amino-alcohol motifs (C(OH)–C–C–N with tert-alkyl or cyclic N) is 1. The van der Waals surface area contributed by atoms with Crippen molar-refractivity contribution in [3.05, 3.63) is 28.2 Å². The number of halogens is 1. The SMILES string of the molecule is CC(C)(O)CN1CCN(c2ccc(C#N)c(Br)c2)CC1. The van der Waals surface area contributed by atoms with Crippen LogP contribution < -0.4 is 4.90 Å². The lowest BCUT2D eigenvalue weighted by atomic mass is 10.1. The molecule has 20 heavy (non-hydrogen) atoms. The highest BCUT2D eigenvalue weighted by atomic mass is 79.9. The van der Waals surface area contributed by atoms with Gasteiger partial charge in [0.2, 0.25) is 0 Å². The molecule has 1 heterocycles. The molecule has 1 aliphatic rings. The van der Waals surface area contributed by atoms with Crippen molar-refractivity contribution in [2.45, 2.75) is 19.4 Å². The second kappa shape index (κ2) is 6.13. The van der Waals surface area contributed by atoms with Crippen molar-refractivity contribution in [1.29, 1.82) is 5.26 Å². The van der Waals surface area contributed by atoms with Crippen LogP contribution in [-0.4, -0.2) is 48.3 Å². The van der Waals surface area contributed by atoms with E-state index in [1.54, 1.807) is 0 Å². The summed E-state index contributed by atoms with van der Waals surface area (Å²) in [6.07, 6.45) is 0. The van der Waals surface area contributed by atoms with Crippen LogP contribution in [0.1, 0.15) is 19.4 Å². The van der Waals surface area contributed by atoms with Crippen molar-refractivity contribution in [3.8, 4) is 6.07 Å². The topological polar surface area (TPSA) is 50.5 Å². The third kappa shape index (κ3) is 3.95. The van der Waals surface area contributed by atoms with Gasteiger partial charge >= 0.3 is 0 Å². The average Bonchev–Trinajstić information content (AvgIpc) is 2.37. The molecule has 1 fully saturated rings. The summed E-state index contributed by atoms with van der Waals surface area (Å²) < 4.78 is 0.844. The molecule has 1 aliphatic heterocycles. The minimum Gasteiger partial charge on any atom is -0.389 e. The van der Waals surface area contributed by atoms with Crippen molar-refractivity contribution in [3.63, 3.8) is 0 Å². The van der Waals surface area contributed by atoms with E-state index in [4.69, 9.17) is 5.26 Å². The minimum absolute atomic E-state index is 0.639. The van der Waals surface area contributed by atoms with E-state index in [0.717, 1.165) is 36.3 Å². The van der Waals surface area contributed by atoms with Crippen molar-refractivity contribution in [2.24, 2.45) is 0 Å². The molecule has 1 aromatic carbocycles. The van der Waals surface area contributed by atoms with E-state index in [0.29, 0.717) is 12.1 Å². The van der Waals surface area contributed by atoms with Gasteiger partial charge in [0.15, 0.2) is 0 Å². The molecule has 0 amide bonds. The molecule has 0 bridgehead atoms. The predicted molar refractivity (Wildman–Crippen MR) is 83.8 cm³/mol. The van der Waals surface area contributed by atoms with Gasteiger partial charge in [0.05, 0.1) is 11.2 Å². The van der Waals surface area contributed by atoms with E-state index >= 15 is 0 Å². The Labute approximate surface area is 128 Å². The maximum atomic E-state index is 9.85. The minimum atomic E-state index is -0.639. The van der Waals surface area contributed by atoms with Crippen molar-refractivity contribution in [1.82, 2.24) is 4.90 Å². The van der Waals surface area contributed by atoms with Crippen LogP contribution in [0.15, 0.2) is 22.7 Å². The molecule has 0 atom stereocenters. The highest BCUT2D eigenvalue weighted by molar-refractivity contribution is 9.10. The molecule has 0 spiro atoms. The number of nitriles is 1. The van der Waals surface area contributed by atoms with Gasteiger partial charge in [-0.1, -0.05) is 0 Å². The molecular formula is C15H20BrN3O. The van der Waals surface area contributed by atoms with Crippen molar-refractivity contribution < 1.29 is 5.11 Å². The third-order valence-corrected chi connectivity index (χ3v) is 4.08. The normalized spacial score (nSPS) is 17.1. The number of rotatable bonds is 3. The Hall–Kier alpha value is -1.09. The Balaban J connectivity index is 1.97. The first-order chi connectivity index (χ1) is 9.39. The zero-order valence-corrected chi connectivity index (χ0v) is 13.5. The molecule has 0 aliphatic carbocycles. The van der Waals surface area contributed by atoms with Gasteiger partial charge in [-0.3, -0.25) is 4.90 Å². The maximum Gasteiger partial charge on any atom is 0.100 e. The molecule has 2 rings (SSSR count). The van der Waals surface area contributed by atoms with Gasteiger partial charge in [-0.05, 0) is 48.0 Å². The lowest BCUT2D eigenvalue weighted by Crippen LogP contribution is -2.50. The number of hydrogen-bond donors (Lipinski definition) is 1. The fraction of sp³-hybridized carbons (Fsp3) is 0.533. The monoisotopic (exact) mass is 337 g/mol. The second-order valence-corrected chi connectivity index (χ2v) is 6.71. The smallest absolute Gasteiger partial charge is 0.100 e. The molecule has 1 saturated heterocycles. The summed E-state index contributed by atoms with van der Waals surface area (Å²) in [6.45, 7) is 8.16. The first kappa shape index (κ1) is 15.3. The molecule has 1 N–H and O–H groups in total. The molecule has 0 aromatic heterocycles. The number of aliphatic hydroxyl groups is 1. The molecule has 4 nitrogen and oxygen atoms in total. The maximum absolute atomic E-state index is 9.85. The lowest BCUT2D eigenvalue weighted by Gasteiger charge is -2.38. The van der Waals surface area contributed by atoms with Crippen molar-refractivity contribution in [2.75, 3.05) is 37.6 Å². The van der Waals surface area contributed by atoms with Gasteiger partial charge in [0.25, 0.3) is 0 Å². The number of anilines is 1. The Morgan fingerprint density at radius 3 is 2.45 bits per heavy atom. The molecule has 108 valence electrons. The fourth-order valence-electron chi connectivity index (χ4n) is 2.50. The summed E-state index contributed by atoms with van der Waals surface area (Å²) in [4.78, 5) is 4.60. The molecular weight excluding hydrogens is 318 g/mol. The van der Waals surface area contributed by atoms with Gasteiger partial charge in [0.1, 0.15) is 6.07 Å². The molecule has 0 saturated carbocycles. The largest absolute Gasteiger partial charge is 0.389 e. The molecule has 0 radical (unpaired) electrons. The van der Waals surface area contributed by atoms with Gasteiger partial charge in [0, 0.05) is 42.9 Å². The van der Waals surface area contributed by atoms with Crippen LogP contribution in [0.5, 0.6) is 0 Å². The molecule has 0 unspecified atom stereocenters. The summed E-state index contributed by atoms with van der Waals surface area (Å²) in [5.74, 6) is 0. The lowest BCUT2D eigenvalue weighted by molar-refractivity contribution is 0.0345. The van der Waals surface area contributed by atoms with E-state index in [9.17, 15) is 5.11 Å². The van der Waals surface area contributed by atoms with Crippen LogP contribution in [-0.2, 0) is 0 Å².